The number of rotatable bonds is 73. The van der Waals surface area contributed by atoms with Gasteiger partial charge in [0.25, 0.3) is 0 Å². The maximum atomic E-state index is 12.5. The molecule has 1 amide bonds. The van der Waals surface area contributed by atoms with E-state index in [-0.39, 0.29) is 18.5 Å². The van der Waals surface area contributed by atoms with Crippen molar-refractivity contribution in [2.45, 2.75) is 456 Å². The Hall–Kier alpha value is -1.40. The molecule has 0 saturated heterocycles. The highest BCUT2D eigenvalue weighted by Gasteiger charge is 2.18. The Bertz CT molecular complexity index is 1260. The molecule has 0 saturated carbocycles. The number of aliphatic hydroxyl groups is 2. The Balaban J connectivity index is 3.35. The fourth-order valence-electron chi connectivity index (χ4n) is 12.5. The minimum Gasteiger partial charge on any atom is -0.466 e. The Morgan fingerprint density at radius 2 is 0.554 bits per heavy atom. The van der Waals surface area contributed by atoms with Gasteiger partial charge >= 0.3 is 5.97 Å². The summed E-state index contributed by atoms with van der Waals surface area (Å²) in [6, 6.07) is -0.626. The normalized spacial score (nSPS) is 12.5. The average molecular weight is 1170 g/mol. The zero-order valence-electron chi connectivity index (χ0n) is 56.7. The van der Waals surface area contributed by atoms with Gasteiger partial charge < -0.3 is 20.3 Å². The number of amides is 1. The first-order chi connectivity index (χ1) is 41.0. The second-order valence-corrected chi connectivity index (χ2v) is 26.7. The van der Waals surface area contributed by atoms with Crippen LogP contribution in [-0.2, 0) is 14.3 Å². The molecule has 0 bridgehead atoms. The second-order valence-electron chi connectivity index (χ2n) is 26.7. The summed E-state index contributed by atoms with van der Waals surface area (Å²) in [6.07, 6.45) is 91.8. The topological polar surface area (TPSA) is 95.9 Å². The number of unbranched alkanes of at least 4 members (excludes halogenated alkanes) is 62. The summed E-state index contributed by atoms with van der Waals surface area (Å²) in [7, 11) is 0. The van der Waals surface area contributed by atoms with Gasteiger partial charge in [-0.1, -0.05) is 411 Å². The summed E-state index contributed by atoms with van der Waals surface area (Å²) in [4.78, 5) is 24.6. The van der Waals surface area contributed by atoms with E-state index >= 15 is 0 Å². The monoisotopic (exact) mass is 1170 g/mol. The third kappa shape index (κ3) is 69.6. The molecule has 494 valence electrons. The predicted octanol–water partition coefficient (Wildman–Crippen LogP) is 25.1. The molecule has 2 unspecified atom stereocenters. The lowest BCUT2D eigenvalue weighted by Crippen LogP contribution is -2.45. The molecule has 0 heterocycles. The zero-order valence-corrected chi connectivity index (χ0v) is 56.7. The zero-order chi connectivity index (χ0) is 59.9. The molecule has 6 nitrogen and oxygen atoms in total. The van der Waals surface area contributed by atoms with Gasteiger partial charge in [-0.15, -0.1) is 0 Å². The Kier molecular flexibility index (Phi) is 71.8. The number of hydrogen-bond acceptors (Lipinski definition) is 5. The third-order valence-electron chi connectivity index (χ3n) is 18.3. The molecule has 83 heavy (non-hydrogen) atoms. The quantitative estimate of drug-likeness (QED) is 0.0320. The molecule has 3 N–H and O–H groups in total. The molecule has 2 atom stereocenters. The van der Waals surface area contributed by atoms with Crippen molar-refractivity contribution in [2.75, 3.05) is 13.2 Å². The highest BCUT2D eigenvalue weighted by atomic mass is 16.5. The van der Waals surface area contributed by atoms with Crippen molar-refractivity contribution in [1.82, 2.24) is 5.32 Å². The van der Waals surface area contributed by atoms with Gasteiger partial charge in [0.05, 0.1) is 25.4 Å². The van der Waals surface area contributed by atoms with Crippen LogP contribution in [0.1, 0.15) is 444 Å². The lowest BCUT2D eigenvalue weighted by molar-refractivity contribution is -0.143. The molecule has 0 aliphatic carbocycles. The lowest BCUT2D eigenvalue weighted by Gasteiger charge is -2.20. The lowest BCUT2D eigenvalue weighted by atomic mass is 10.0. The van der Waals surface area contributed by atoms with Crippen LogP contribution in [-0.4, -0.2) is 47.4 Å². The van der Waals surface area contributed by atoms with E-state index in [1.54, 1.807) is 6.08 Å². The van der Waals surface area contributed by atoms with Crippen LogP contribution in [0.4, 0.5) is 0 Å². The molecular formula is C77H151NO5. The molecule has 6 heteroatoms. The molecule has 0 aliphatic rings. The minimum absolute atomic E-state index is 0.0232. The smallest absolute Gasteiger partial charge is 0.305 e. The van der Waals surface area contributed by atoms with Crippen LogP contribution in [0.25, 0.3) is 0 Å². The first-order valence-corrected chi connectivity index (χ1v) is 38.5. The van der Waals surface area contributed by atoms with Crippen LogP contribution in [0.15, 0.2) is 12.2 Å². The molecule has 0 fully saturated rings. The maximum Gasteiger partial charge on any atom is 0.305 e. The number of esters is 1. The first kappa shape index (κ1) is 81.6. The van der Waals surface area contributed by atoms with Gasteiger partial charge in [0.15, 0.2) is 0 Å². The van der Waals surface area contributed by atoms with E-state index in [1.807, 2.05) is 6.08 Å². The summed E-state index contributed by atoms with van der Waals surface area (Å²) in [5.74, 6) is -0.0363. The number of hydrogen-bond donors (Lipinski definition) is 3. The van der Waals surface area contributed by atoms with Crippen molar-refractivity contribution in [2.24, 2.45) is 0 Å². The Morgan fingerprint density at radius 3 is 0.819 bits per heavy atom. The van der Waals surface area contributed by atoms with Crippen LogP contribution in [0.5, 0.6) is 0 Å². The van der Waals surface area contributed by atoms with Crippen molar-refractivity contribution in [3.8, 4) is 0 Å². The van der Waals surface area contributed by atoms with Crippen LogP contribution >= 0.6 is 0 Å². The van der Waals surface area contributed by atoms with Crippen molar-refractivity contribution in [3.63, 3.8) is 0 Å². The van der Waals surface area contributed by atoms with E-state index in [9.17, 15) is 19.8 Å². The summed E-state index contributed by atoms with van der Waals surface area (Å²) in [6.45, 7) is 4.96. The fraction of sp³-hybridized carbons (Fsp3) is 0.948. The number of nitrogens with one attached hydrogen (secondary N) is 1. The number of ether oxygens (including phenoxy) is 1. The van der Waals surface area contributed by atoms with Gasteiger partial charge in [0, 0.05) is 12.8 Å². The standard InChI is InChI=1S/C77H151NO5/c1-3-5-7-9-11-13-15-17-19-21-22-23-32-35-38-41-45-49-53-57-61-65-69-75(80)74(73-79)78-76(81)70-66-62-58-54-50-46-42-39-36-33-30-28-26-24-25-27-29-31-34-37-40-44-48-52-56-60-64-68-72-83-77(82)71-67-63-59-55-51-47-43-20-18-16-14-12-10-8-6-4-2/h65,69,74-75,79-80H,3-64,66-68,70-73H2,1-2H3,(H,78,81)/b69-65+. The number of aliphatic hydroxyl groups excluding tert-OH is 2. The largest absolute Gasteiger partial charge is 0.466 e. The van der Waals surface area contributed by atoms with Crippen molar-refractivity contribution in [1.29, 1.82) is 0 Å². The molecule has 0 rings (SSSR count). The molecule has 0 aliphatic heterocycles. The molecule has 0 aromatic rings. The average Bonchev–Trinajstić information content (AvgIpc) is 3.49. The molecule has 0 spiro atoms. The fourth-order valence-corrected chi connectivity index (χ4v) is 12.5. The van der Waals surface area contributed by atoms with Crippen LogP contribution in [0.3, 0.4) is 0 Å². The number of carbonyl (C=O) groups is 2. The van der Waals surface area contributed by atoms with Gasteiger partial charge in [-0.3, -0.25) is 9.59 Å². The van der Waals surface area contributed by atoms with Gasteiger partial charge in [-0.2, -0.15) is 0 Å². The number of carbonyl (C=O) groups excluding carboxylic acids is 2. The molecule has 0 radical (unpaired) electrons. The van der Waals surface area contributed by atoms with Crippen molar-refractivity contribution < 1.29 is 24.5 Å². The van der Waals surface area contributed by atoms with Gasteiger partial charge in [0.2, 0.25) is 5.91 Å². The summed E-state index contributed by atoms with van der Waals surface area (Å²) in [5, 5.41) is 23.3. The van der Waals surface area contributed by atoms with E-state index in [2.05, 4.69) is 19.2 Å². The first-order valence-electron chi connectivity index (χ1n) is 38.5. The van der Waals surface area contributed by atoms with Crippen molar-refractivity contribution >= 4 is 11.9 Å². The molecular weight excluding hydrogens is 1020 g/mol. The van der Waals surface area contributed by atoms with Crippen LogP contribution in [0.2, 0.25) is 0 Å². The van der Waals surface area contributed by atoms with Crippen LogP contribution < -0.4 is 5.32 Å². The second kappa shape index (κ2) is 73.1. The SMILES string of the molecule is CCCCCCCCCCCCCCCCCCCCCC/C=C/C(O)C(CO)NC(=O)CCCCCCCCCCCCCCCCCCCCCCCCCCCCCCOC(=O)CCCCCCCCCCCCCCCCCC. The summed E-state index contributed by atoms with van der Waals surface area (Å²) < 4.78 is 5.51. The van der Waals surface area contributed by atoms with Gasteiger partial charge in [-0.05, 0) is 32.1 Å². The van der Waals surface area contributed by atoms with E-state index < -0.39 is 12.1 Å². The minimum atomic E-state index is -0.843. The van der Waals surface area contributed by atoms with Crippen molar-refractivity contribution in [3.05, 3.63) is 12.2 Å². The van der Waals surface area contributed by atoms with Crippen LogP contribution in [0, 0.1) is 0 Å². The van der Waals surface area contributed by atoms with E-state index in [0.29, 0.717) is 19.4 Å². The predicted molar refractivity (Wildman–Crippen MR) is 366 cm³/mol. The number of allylic oxidation sites excluding steroid dienone is 1. The third-order valence-corrected chi connectivity index (χ3v) is 18.3. The Morgan fingerprint density at radius 1 is 0.325 bits per heavy atom. The highest BCUT2D eigenvalue weighted by Crippen LogP contribution is 2.20. The summed E-state index contributed by atoms with van der Waals surface area (Å²) >= 11 is 0. The summed E-state index contributed by atoms with van der Waals surface area (Å²) in [5.41, 5.74) is 0. The molecule has 0 aromatic carbocycles. The van der Waals surface area contributed by atoms with Gasteiger partial charge in [0.1, 0.15) is 0 Å². The van der Waals surface area contributed by atoms with Gasteiger partial charge in [-0.25, -0.2) is 0 Å². The van der Waals surface area contributed by atoms with E-state index in [4.69, 9.17) is 4.74 Å². The van der Waals surface area contributed by atoms with E-state index in [0.717, 1.165) is 38.5 Å². The highest BCUT2D eigenvalue weighted by molar-refractivity contribution is 5.76. The maximum absolute atomic E-state index is 12.5. The Labute approximate surface area is 520 Å². The molecule has 0 aromatic heterocycles. The van der Waals surface area contributed by atoms with E-state index in [1.165, 1.54) is 379 Å².